The van der Waals surface area contributed by atoms with Gasteiger partial charge in [-0.25, -0.2) is 4.79 Å². The fraction of sp³-hybridized carbons (Fsp3) is 0.529. The molecule has 1 aromatic carbocycles. The number of carbonyl (C=O) groups is 2. The molecule has 1 aromatic rings. The van der Waals surface area contributed by atoms with Gasteiger partial charge in [0.05, 0.1) is 0 Å². The lowest BCUT2D eigenvalue weighted by Gasteiger charge is -2.35. The zero-order valence-corrected chi connectivity index (χ0v) is 14.4. The monoisotopic (exact) mass is 335 g/mol. The van der Waals surface area contributed by atoms with Crippen LogP contribution in [-0.2, 0) is 9.53 Å². The van der Waals surface area contributed by atoms with E-state index in [9.17, 15) is 9.59 Å². The summed E-state index contributed by atoms with van der Waals surface area (Å²) in [5.74, 6) is 0.501. The predicted octanol–water partition coefficient (Wildman–Crippen LogP) is 1.73. The van der Waals surface area contributed by atoms with Gasteiger partial charge in [0.25, 0.3) is 5.91 Å². The number of anilines is 1. The van der Waals surface area contributed by atoms with Crippen molar-refractivity contribution in [3.8, 4) is 5.75 Å². The average Bonchev–Trinajstić information content (AvgIpc) is 2.52. The highest BCUT2D eigenvalue weighted by atomic mass is 16.6. The second-order valence-corrected chi connectivity index (χ2v) is 6.71. The largest absolute Gasteiger partial charge is 0.484 e. The number of piperazine rings is 1. The molecule has 0 saturated carbocycles. The fourth-order valence-electron chi connectivity index (χ4n) is 2.27. The van der Waals surface area contributed by atoms with E-state index in [0.717, 1.165) is 0 Å². The Labute approximate surface area is 142 Å². The topological polar surface area (TPSA) is 85.1 Å². The van der Waals surface area contributed by atoms with Gasteiger partial charge in [-0.05, 0) is 45.0 Å². The number of carbonyl (C=O) groups excluding carboxylic acids is 2. The molecule has 132 valence electrons. The van der Waals surface area contributed by atoms with Crippen molar-refractivity contribution in [2.45, 2.75) is 26.4 Å². The van der Waals surface area contributed by atoms with E-state index in [1.807, 2.05) is 20.8 Å². The van der Waals surface area contributed by atoms with Crippen LogP contribution >= 0.6 is 0 Å². The van der Waals surface area contributed by atoms with Crippen molar-refractivity contribution >= 4 is 17.7 Å². The molecule has 0 unspecified atom stereocenters. The van der Waals surface area contributed by atoms with Crippen LogP contribution in [0.5, 0.6) is 5.75 Å². The summed E-state index contributed by atoms with van der Waals surface area (Å²) < 4.78 is 10.8. The van der Waals surface area contributed by atoms with Gasteiger partial charge in [-0.15, -0.1) is 0 Å². The lowest BCUT2D eigenvalue weighted by molar-refractivity contribution is -0.135. The summed E-state index contributed by atoms with van der Waals surface area (Å²) in [6, 6.07) is 6.89. The molecular weight excluding hydrogens is 310 g/mol. The molecule has 0 radical (unpaired) electrons. The van der Waals surface area contributed by atoms with E-state index in [0.29, 0.717) is 37.6 Å². The van der Waals surface area contributed by atoms with E-state index in [1.54, 1.807) is 34.1 Å². The molecule has 7 heteroatoms. The average molecular weight is 335 g/mol. The van der Waals surface area contributed by atoms with Gasteiger partial charge in [0.1, 0.15) is 11.4 Å². The minimum Gasteiger partial charge on any atom is -0.484 e. The van der Waals surface area contributed by atoms with Crippen LogP contribution in [0.25, 0.3) is 0 Å². The molecule has 1 aliphatic heterocycles. The Morgan fingerprint density at radius 3 is 2.12 bits per heavy atom. The van der Waals surface area contributed by atoms with Crippen LogP contribution in [0.1, 0.15) is 20.8 Å². The van der Waals surface area contributed by atoms with Crippen molar-refractivity contribution in [3.63, 3.8) is 0 Å². The molecule has 1 fully saturated rings. The summed E-state index contributed by atoms with van der Waals surface area (Å²) in [5.41, 5.74) is 5.73. The van der Waals surface area contributed by atoms with Gasteiger partial charge in [-0.3, -0.25) is 4.79 Å². The number of nitrogens with two attached hydrogens (primary N) is 1. The van der Waals surface area contributed by atoms with Crippen molar-refractivity contribution in [2.75, 3.05) is 38.5 Å². The molecule has 1 heterocycles. The first-order valence-electron chi connectivity index (χ1n) is 7.99. The van der Waals surface area contributed by atoms with Crippen molar-refractivity contribution < 1.29 is 19.1 Å². The third-order valence-electron chi connectivity index (χ3n) is 3.53. The highest BCUT2D eigenvalue weighted by molar-refractivity contribution is 5.78. The van der Waals surface area contributed by atoms with Crippen molar-refractivity contribution in [3.05, 3.63) is 24.3 Å². The number of amides is 2. The van der Waals surface area contributed by atoms with E-state index in [2.05, 4.69) is 0 Å². The lowest BCUT2D eigenvalue weighted by atomic mass is 10.2. The summed E-state index contributed by atoms with van der Waals surface area (Å²) in [5, 5.41) is 0. The summed E-state index contributed by atoms with van der Waals surface area (Å²) in [6.07, 6.45) is -0.340. The maximum absolute atomic E-state index is 12.2. The second kappa shape index (κ2) is 7.42. The molecule has 2 N–H and O–H groups in total. The van der Waals surface area contributed by atoms with Crippen LogP contribution in [-0.4, -0.2) is 60.2 Å². The minimum atomic E-state index is -0.517. The molecule has 1 aliphatic rings. The first-order valence-corrected chi connectivity index (χ1v) is 7.99. The Hall–Kier alpha value is -2.44. The first kappa shape index (κ1) is 17.9. The smallest absolute Gasteiger partial charge is 0.410 e. The Morgan fingerprint density at radius 2 is 1.58 bits per heavy atom. The quantitative estimate of drug-likeness (QED) is 0.850. The maximum Gasteiger partial charge on any atom is 0.410 e. The Bertz CT molecular complexity index is 572. The number of nitrogen functional groups attached to an aromatic ring is 1. The summed E-state index contributed by atoms with van der Waals surface area (Å²) in [6.45, 7) is 7.34. The molecule has 2 amide bonds. The van der Waals surface area contributed by atoms with Crippen LogP contribution in [0.2, 0.25) is 0 Å². The van der Waals surface area contributed by atoms with Gasteiger partial charge in [0.15, 0.2) is 6.61 Å². The first-order chi connectivity index (χ1) is 11.2. The van der Waals surface area contributed by atoms with E-state index in [-0.39, 0.29) is 18.6 Å². The molecule has 0 aliphatic carbocycles. The summed E-state index contributed by atoms with van der Waals surface area (Å²) in [7, 11) is 0. The minimum absolute atomic E-state index is 0.0314. The van der Waals surface area contributed by atoms with Crippen LogP contribution in [0, 0.1) is 0 Å². The molecule has 0 aromatic heterocycles. The second-order valence-electron chi connectivity index (χ2n) is 6.71. The number of ether oxygens (including phenoxy) is 2. The summed E-state index contributed by atoms with van der Waals surface area (Å²) >= 11 is 0. The van der Waals surface area contributed by atoms with E-state index in [1.165, 1.54) is 0 Å². The molecular formula is C17H25N3O4. The zero-order valence-electron chi connectivity index (χ0n) is 14.4. The van der Waals surface area contributed by atoms with Gasteiger partial charge < -0.3 is 25.0 Å². The highest BCUT2D eigenvalue weighted by Gasteiger charge is 2.27. The zero-order chi connectivity index (χ0) is 17.7. The Kier molecular flexibility index (Phi) is 5.54. The van der Waals surface area contributed by atoms with Gasteiger partial charge >= 0.3 is 6.09 Å². The number of rotatable bonds is 3. The van der Waals surface area contributed by atoms with Crippen LogP contribution in [0.4, 0.5) is 10.5 Å². The summed E-state index contributed by atoms with van der Waals surface area (Å²) in [4.78, 5) is 27.5. The van der Waals surface area contributed by atoms with E-state index >= 15 is 0 Å². The molecule has 0 atom stereocenters. The van der Waals surface area contributed by atoms with Gasteiger partial charge in [0, 0.05) is 31.9 Å². The number of hydrogen-bond donors (Lipinski definition) is 1. The fourth-order valence-corrected chi connectivity index (χ4v) is 2.27. The van der Waals surface area contributed by atoms with Crippen molar-refractivity contribution in [1.82, 2.24) is 9.80 Å². The number of nitrogens with zero attached hydrogens (tertiary/aromatic N) is 2. The van der Waals surface area contributed by atoms with Crippen molar-refractivity contribution in [1.29, 1.82) is 0 Å². The van der Waals surface area contributed by atoms with E-state index < -0.39 is 5.60 Å². The lowest BCUT2D eigenvalue weighted by Crippen LogP contribution is -2.52. The van der Waals surface area contributed by atoms with Gasteiger partial charge in [-0.2, -0.15) is 0 Å². The molecule has 7 nitrogen and oxygen atoms in total. The Balaban J connectivity index is 1.76. The van der Waals surface area contributed by atoms with Crippen LogP contribution in [0.3, 0.4) is 0 Å². The standard InChI is InChI=1S/C17H25N3O4/c1-17(2,3)24-16(22)20-10-8-19(9-11-20)15(21)12-23-14-6-4-13(18)5-7-14/h4-7H,8-12,18H2,1-3H3. The predicted molar refractivity (Wildman–Crippen MR) is 90.7 cm³/mol. The van der Waals surface area contributed by atoms with Gasteiger partial charge in [0.2, 0.25) is 0 Å². The molecule has 0 bridgehead atoms. The van der Waals surface area contributed by atoms with Crippen molar-refractivity contribution in [2.24, 2.45) is 0 Å². The number of benzene rings is 1. The third-order valence-corrected chi connectivity index (χ3v) is 3.53. The van der Waals surface area contributed by atoms with Gasteiger partial charge in [-0.1, -0.05) is 0 Å². The SMILES string of the molecule is CC(C)(C)OC(=O)N1CCN(C(=O)COc2ccc(N)cc2)CC1. The normalized spacial score (nSPS) is 15.1. The molecule has 2 rings (SSSR count). The van der Waals surface area contributed by atoms with Crippen LogP contribution < -0.4 is 10.5 Å². The highest BCUT2D eigenvalue weighted by Crippen LogP contribution is 2.14. The van der Waals surface area contributed by atoms with E-state index in [4.69, 9.17) is 15.2 Å². The number of hydrogen-bond acceptors (Lipinski definition) is 5. The third kappa shape index (κ3) is 5.33. The molecule has 24 heavy (non-hydrogen) atoms. The maximum atomic E-state index is 12.2. The molecule has 1 saturated heterocycles. The van der Waals surface area contributed by atoms with Crippen LogP contribution in [0.15, 0.2) is 24.3 Å². The Morgan fingerprint density at radius 1 is 1.04 bits per heavy atom. The molecule has 0 spiro atoms.